The highest BCUT2D eigenvalue weighted by molar-refractivity contribution is 5.96. The van der Waals surface area contributed by atoms with Crippen LogP contribution in [0, 0.1) is 17.3 Å². The van der Waals surface area contributed by atoms with Gasteiger partial charge in [0, 0.05) is 5.71 Å². The highest BCUT2D eigenvalue weighted by Gasteiger charge is 2.61. The number of unbranched alkanes of at least 4 members (excludes halogenated alkanes) is 12. The van der Waals surface area contributed by atoms with Crippen LogP contribution in [0.15, 0.2) is 4.99 Å². The van der Waals surface area contributed by atoms with Gasteiger partial charge in [-0.15, -0.1) is 0 Å². The van der Waals surface area contributed by atoms with Gasteiger partial charge in [-0.2, -0.15) is 0 Å². The van der Waals surface area contributed by atoms with Crippen molar-refractivity contribution < 1.29 is 19.7 Å². The number of ether oxygens (including phenoxy) is 1. The van der Waals surface area contributed by atoms with Crippen LogP contribution in [-0.2, 0) is 9.53 Å². The maximum absolute atomic E-state index is 12.9. The molecule has 36 heavy (non-hydrogen) atoms. The number of esters is 1. The predicted octanol–water partition coefficient (Wildman–Crippen LogP) is 7.41. The minimum Gasteiger partial charge on any atom is -0.461 e. The molecule has 3 aliphatic rings. The quantitative estimate of drug-likeness (QED) is 0.150. The van der Waals surface area contributed by atoms with Gasteiger partial charge in [0.05, 0.1) is 12.2 Å². The van der Waals surface area contributed by atoms with Crippen LogP contribution in [0.4, 0.5) is 0 Å². The standard InChI is InChI=1S/C31H57NO4/c1-7-8-9-10-11-12-13-14-15-16-17-18-19-20-25(33)28(29(34)36-23(2)3)32-27-22-24-21-26(30(24,4)5)31(27,6)35/h23-26,28,33,35H,7-22H2,1-6H3/b32-27+/t24-,25+,26-,28-,31-/m0/s1. The van der Waals surface area contributed by atoms with Crippen molar-refractivity contribution in [3.63, 3.8) is 0 Å². The maximum atomic E-state index is 12.9. The molecular formula is C31H57NO4. The normalized spacial score (nSPS) is 27.6. The fraction of sp³-hybridized carbons (Fsp3) is 0.935. The van der Waals surface area contributed by atoms with Crippen LogP contribution < -0.4 is 0 Å². The Kier molecular flexibility index (Phi) is 12.9. The van der Waals surface area contributed by atoms with E-state index in [1.54, 1.807) is 0 Å². The third-order valence-electron chi connectivity index (χ3n) is 9.03. The Morgan fingerprint density at radius 2 is 1.44 bits per heavy atom. The van der Waals surface area contributed by atoms with Crippen molar-refractivity contribution in [2.24, 2.45) is 22.2 Å². The van der Waals surface area contributed by atoms with Crippen molar-refractivity contribution >= 4 is 11.7 Å². The average molecular weight is 508 g/mol. The molecule has 5 nitrogen and oxygen atoms in total. The fourth-order valence-corrected chi connectivity index (χ4v) is 6.44. The Morgan fingerprint density at radius 3 is 1.89 bits per heavy atom. The molecule has 0 saturated heterocycles. The lowest BCUT2D eigenvalue weighted by Gasteiger charge is -2.62. The summed E-state index contributed by atoms with van der Waals surface area (Å²) in [5.41, 5.74) is -0.286. The molecule has 5 atom stereocenters. The van der Waals surface area contributed by atoms with Crippen LogP contribution in [0.25, 0.3) is 0 Å². The minimum absolute atomic E-state index is 0.0870. The SMILES string of the molecule is CCCCCCCCCCCCCCC[C@@H](O)[C@H](/N=C1\C[C@@H]2C[C@@H](C2(C)C)[C@]1(C)O)C(=O)OC(C)C. The molecule has 5 heteroatoms. The van der Waals surface area contributed by atoms with E-state index < -0.39 is 23.7 Å². The molecule has 3 fully saturated rings. The number of aliphatic hydroxyl groups excluding tert-OH is 1. The lowest BCUT2D eigenvalue weighted by Crippen LogP contribution is -2.65. The van der Waals surface area contributed by atoms with Crippen molar-refractivity contribution in [1.29, 1.82) is 0 Å². The van der Waals surface area contributed by atoms with Gasteiger partial charge in [0.1, 0.15) is 5.60 Å². The van der Waals surface area contributed by atoms with Crippen molar-refractivity contribution in [2.75, 3.05) is 0 Å². The molecule has 2 bridgehead atoms. The van der Waals surface area contributed by atoms with E-state index in [1.807, 2.05) is 20.8 Å². The molecule has 0 unspecified atom stereocenters. The van der Waals surface area contributed by atoms with Gasteiger partial charge < -0.3 is 14.9 Å². The predicted molar refractivity (Wildman–Crippen MR) is 149 cm³/mol. The molecule has 0 aliphatic heterocycles. The second-order valence-corrected chi connectivity index (χ2v) is 12.8. The fourth-order valence-electron chi connectivity index (χ4n) is 6.44. The highest BCUT2D eigenvalue weighted by atomic mass is 16.5. The zero-order chi connectivity index (χ0) is 26.8. The van der Waals surface area contributed by atoms with E-state index in [0.717, 1.165) is 19.3 Å². The van der Waals surface area contributed by atoms with Crippen LogP contribution in [-0.4, -0.2) is 45.7 Å². The Hall–Kier alpha value is -0.940. The zero-order valence-electron chi connectivity index (χ0n) is 24.4. The molecule has 3 saturated carbocycles. The van der Waals surface area contributed by atoms with Crippen LogP contribution in [0.5, 0.6) is 0 Å². The monoisotopic (exact) mass is 507 g/mol. The first kappa shape index (κ1) is 31.3. The van der Waals surface area contributed by atoms with Gasteiger partial charge in [0.2, 0.25) is 0 Å². The molecule has 0 amide bonds. The summed E-state index contributed by atoms with van der Waals surface area (Å²) in [5.74, 6) is 0.137. The number of nitrogens with zero attached hydrogens (tertiary/aromatic N) is 1. The lowest BCUT2D eigenvalue weighted by atomic mass is 9.44. The third kappa shape index (κ3) is 8.82. The molecule has 0 radical (unpaired) electrons. The molecule has 2 N–H and O–H groups in total. The number of carbonyl (C=O) groups excluding carboxylic acids is 1. The Balaban J connectivity index is 1.76. The molecule has 0 aromatic carbocycles. The molecule has 3 rings (SSSR count). The van der Waals surface area contributed by atoms with Gasteiger partial charge in [0.25, 0.3) is 0 Å². The van der Waals surface area contributed by atoms with Crippen molar-refractivity contribution in [2.45, 2.75) is 168 Å². The highest BCUT2D eigenvalue weighted by Crippen LogP contribution is 2.61. The van der Waals surface area contributed by atoms with Gasteiger partial charge in [-0.1, -0.05) is 104 Å². The molecule has 0 aromatic heterocycles. The van der Waals surface area contributed by atoms with Crippen LogP contribution in [0.2, 0.25) is 0 Å². The number of hydrogen-bond donors (Lipinski definition) is 2. The summed E-state index contributed by atoms with van der Waals surface area (Å²) < 4.78 is 5.45. The molecule has 0 spiro atoms. The third-order valence-corrected chi connectivity index (χ3v) is 9.03. The van der Waals surface area contributed by atoms with Crippen molar-refractivity contribution in [1.82, 2.24) is 0 Å². The van der Waals surface area contributed by atoms with Gasteiger partial charge in [0.15, 0.2) is 6.04 Å². The first-order valence-electron chi connectivity index (χ1n) is 15.2. The first-order chi connectivity index (χ1) is 17.0. The van der Waals surface area contributed by atoms with Crippen LogP contribution in [0.1, 0.15) is 144 Å². The first-order valence-corrected chi connectivity index (χ1v) is 15.2. The number of aliphatic imine (C=N–C) groups is 1. The maximum Gasteiger partial charge on any atom is 0.333 e. The van der Waals surface area contributed by atoms with E-state index in [2.05, 4.69) is 20.8 Å². The zero-order valence-corrected chi connectivity index (χ0v) is 24.4. The van der Waals surface area contributed by atoms with E-state index in [0.29, 0.717) is 24.5 Å². The number of aliphatic hydroxyl groups is 2. The number of hydrogen-bond acceptors (Lipinski definition) is 5. The summed E-state index contributed by atoms with van der Waals surface area (Å²) in [5, 5.41) is 22.3. The van der Waals surface area contributed by atoms with Gasteiger partial charge in [-0.25, -0.2) is 4.79 Å². The molecule has 210 valence electrons. The van der Waals surface area contributed by atoms with E-state index in [9.17, 15) is 15.0 Å². The van der Waals surface area contributed by atoms with E-state index in [1.165, 1.54) is 70.6 Å². The summed E-state index contributed by atoms with van der Waals surface area (Å²) in [4.78, 5) is 17.6. The molecular weight excluding hydrogens is 450 g/mol. The van der Waals surface area contributed by atoms with Crippen LogP contribution >= 0.6 is 0 Å². The van der Waals surface area contributed by atoms with E-state index >= 15 is 0 Å². The van der Waals surface area contributed by atoms with E-state index in [-0.39, 0.29) is 17.4 Å². The molecule has 3 aliphatic carbocycles. The Morgan fingerprint density at radius 1 is 0.944 bits per heavy atom. The number of carbonyl (C=O) groups is 1. The second-order valence-electron chi connectivity index (χ2n) is 12.8. The van der Waals surface area contributed by atoms with Gasteiger partial charge in [-0.05, 0) is 57.3 Å². The Labute approximate surface area is 221 Å². The van der Waals surface area contributed by atoms with Gasteiger partial charge >= 0.3 is 5.97 Å². The van der Waals surface area contributed by atoms with E-state index in [4.69, 9.17) is 9.73 Å². The average Bonchev–Trinajstić information content (AvgIpc) is 2.79. The summed E-state index contributed by atoms with van der Waals surface area (Å²) in [6.45, 7) is 12.2. The van der Waals surface area contributed by atoms with Crippen molar-refractivity contribution in [3.05, 3.63) is 0 Å². The Bertz CT molecular complexity index is 684. The molecule has 0 heterocycles. The summed E-state index contributed by atoms with van der Waals surface area (Å²) >= 11 is 0. The molecule has 0 aromatic rings. The summed E-state index contributed by atoms with van der Waals surface area (Å²) in [6, 6.07) is -0.952. The smallest absolute Gasteiger partial charge is 0.333 e. The topological polar surface area (TPSA) is 79.1 Å². The number of fused-ring (bicyclic) bond motifs is 2. The second kappa shape index (κ2) is 14.9. The summed E-state index contributed by atoms with van der Waals surface area (Å²) in [6.07, 6.45) is 17.7. The lowest BCUT2D eigenvalue weighted by molar-refractivity contribution is -0.152. The minimum atomic E-state index is -1.04. The van der Waals surface area contributed by atoms with Gasteiger partial charge in [-0.3, -0.25) is 4.99 Å². The summed E-state index contributed by atoms with van der Waals surface area (Å²) in [7, 11) is 0. The number of rotatable bonds is 18. The van der Waals surface area contributed by atoms with Crippen LogP contribution in [0.3, 0.4) is 0 Å². The van der Waals surface area contributed by atoms with Crippen molar-refractivity contribution in [3.8, 4) is 0 Å². The largest absolute Gasteiger partial charge is 0.461 e.